The quantitative estimate of drug-likeness (QED) is 0.674. The Bertz CT molecular complexity index is 962. The van der Waals surface area contributed by atoms with Gasteiger partial charge in [-0.15, -0.1) is 0 Å². The lowest BCUT2D eigenvalue weighted by molar-refractivity contribution is 0.0632. The Morgan fingerprint density at radius 1 is 1.00 bits per heavy atom. The summed E-state index contributed by atoms with van der Waals surface area (Å²) in [5, 5.41) is 0.254. The van der Waals surface area contributed by atoms with Gasteiger partial charge in [-0.1, -0.05) is 17.7 Å². The first-order valence-corrected chi connectivity index (χ1v) is 11.2. The van der Waals surface area contributed by atoms with E-state index >= 15 is 0 Å². The molecule has 31 heavy (non-hydrogen) atoms. The van der Waals surface area contributed by atoms with E-state index in [2.05, 4.69) is 0 Å². The Morgan fingerprint density at radius 3 is 2.58 bits per heavy atom. The van der Waals surface area contributed by atoms with Crippen LogP contribution in [-0.2, 0) is 0 Å². The third-order valence-electron chi connectivity index (χ3n) is 5.92. The molecule has 0 N–H and O–H groups in total. The fourth-order valence-corrected chi connectivity index (χ4v) is 4.45. The predicted octanol–water partition coefficient (Wildman–Crippen LogP) is 4.65. The van der Waals surface area contributed by atoms with E-state index in [4.69, 9.17) is 16.3 Å². The van der Waals surface area contributed by atoms with Crippen LogP contribution in [0.4, 0.5) is 4.39 Å². The fourth-order valence-electron chi connectivity index (χ4n) is 4.25. The molecule has 0 aromatic heterocycles. The molecule has 0 spiro atoms. The Balaban J connectivity index is 1.36. The minimum absolute atomic E-state index is 0.0457. The second kappa shape index (κ2) is 9.69. The summed E-state index contributed by atoms with van der Waals surface area (Å²) >= 11 is 6.11. The number of ether oxygens (including phenoxy) is 1. The molecule has 0 bridgehead atoms. The van der Waals surface area contributed by atoms with Crippen molar-refractivity contribution in [1.29, 1.82) is 0 Å². The number of hydrogen-bond donors (Lipinski definition) is 0. The normalized spacial score (nSPS) is 18.8. The lowest BCUT2D eigenvalue weighted by atomic mass is 9.98. The number of piperidine rings is 1. The maximum Gasteiger partial charge on any atom is 0.255 e. The zero-order valence-electron chi connectivity index (χ0n) is 17.4. The summed E-state index contributed by atoms with van der Waals surface area (Å²) in [5.41, 5.74) is 0.831. The van der Waals surface area contributed by atoms with Gasteiger partial charge in [0.2, 0.25) is 0 Å². The van der Waals surface area contributed by atoms with Gasteiger partial charge in [0.15, 0.2) is 0 Å². The van der Waals surface area contributed by atoms with Crippen LogP contribution >= 0.6 is 11.6 Å². The second-order valence-corrected chi connectivity index (χ2v) is 8.63. The Labute approximate surface area is 186 Å². The molecule has 2 aromatic rings. The lowest BCUT2D eigenvalue weighted by Crippen LogP contribution is -2.41. The molecule has 0 saturated carbocycles. The molecule has 164 valence electrons. The van der Waals surface area contributed by atoms with Crippen LogP contribution in [0.3, 0.4) is 0 Å². The number of rotatable bonds is 5. The molecule has 0 radical (unpaired) electrons. The van der Waals surface area contributed by atoms with Crippen LogP contribution in [0.1, 0.15) is 46.4 Å². The molecule has 2 aliphatic heterocycles. The van der Waals surface area contributed by atoms with Crippen molar-refractivity contribution in [3.8, 4) is 5.75 Å². The smallest absolute Gasteiger partial charge is 0.255 e. The van der Waals surface area contributed by atoms with Gasteiger partial charge < -0.3 is 14.5 Å². The molecular weight excluding hydrogens is 419 g/mol. The van der Waals surface area contributed by atoms with E-state index < -0.39 is 5.82 Å². The Hall–Kier alpha value is -2.60. The minimum atomic E-state index is -0.479. The van der Waals surface area contributed by atoms with E-state index in [1.54, 1.807) is 11.0 Å². The summed E-state index contributed by atoms with van der Waals surface area (Å²) in [6, 6.07) is 11.1. The van der Waals surface area contributed by atoms with Gasteiger partial charge in [0.05, 0.1) is 17.2 Å². The topological polar surface area (TPSA) is 49.9 Å². The van der Waals surface area contributed by atoms with Crippen molar-refractivity contribution in [3.63, 3.8) is 0 Å². The van der Waals surface area contributed by atoms with Crippen molar-refractivity contribution in [2.45, 2.75) is 25.7 Å². The number of carbonyl (C=O) groups excluding carboxylic acids is 2. The molecule has 2 aliphatic rings. The summed E-state index contributed by atoms with van der Waals surface area (Å²) < 4.78 is 19.6. The monoisotopic (exact) mass is 444 g/mol. The van der Waals surface area contributed by atoms with Crippen molar-refractivity contribution in [2.75, 3.05) is 32.8 Å². The van der Waals surface area contributed by atoms with Gasteiger partial charge in [0.1, 0.15) is 11.6 Å². The number of hydrogen-bond acceptors (Lipinski definition) is 3. The number of benzene rings is 2. The van der Waals surface area contributed by atoms with Crippen LogP contribution in [-0.4, -0.2) is 54.4 Å². The fraction of sp³-hybridized carbons (Fsp3) is 0.417. The zero-order chi connectivity index (χ0) is 21.8. The highest BCUT2D eigenvalue weighted by Gasteiger charge is 2.26. The first kappa shape index (κ1) is 21.6. The zero-order valence-corrected chi connectivity index (χ0v) is 18.1. The van der Waals surface area contributed by atoms with Crippen LogP contribution in [0, 0.1) is 11.7 Å². The maximum atomic E-state index is 13.6. The summed E-state index contributed by atoms with van der Waals surface area (Å²) in [6.45, 7) is 3.21. The predicted molar refractivity (Wildman–Crippen MR) is 117 cm³/mol. The minimum Gasteiger partial charge on any atom is -0.493 e. The Morgan fingerprint density at radius 2 is 1.77 bits per heavy atom. The molecule has 1 unspecified atom stereocenters. The van der Waals surface area contributed by atoms with Crippen molar-refractivity contribution < 1.29 is 18.7 Å². The van der Waals surface area contributed by atoms with Gasteiger partial charge in [-0.3, -0.25) is 9.59 Å². The lowest BCUT2D eigenvalue weighted by Gasteiger charge is -2.33. The maximum absolute atomic E-state index is 13.6. The molecule has 4 rings (SSSR count). The van der Waals surface area contributed by atoms with Crippen LogP contribution in [0.5, 0.6) is 5.75 Å². The molecule has 0 aliphatic carbocycles. The summed E-state index contributed by atoms with van der Waals surface area (Å²) in [5.74, 6) is 0.120. The van der Waals surface area contributed by atoms with E-state index in [0.717, 1.165) is 38.8 Å². The van der Waals surface area contributed by atoms with Gasteiger partial charge in [0, 0.05) is 37.7 Å². The van der Waals surface area contributed by atoms with E-state index in [1.165, 1.54) is 18.2 Å². The molecule has 2 fully saturated rings. The number of amides is 2. The molecule has 7 heteroatoms. The van der Waals surface area contributed by atoms with Crippen molar-refractivity contribution in [2.24, 2.45) is 5.92 Å². The van der Waals surface area contributed by atoms with Gasteiger partial charge in [0.25, 0.3) is 11.8 Å². The van der Waals surface area contributed by atoms with Crippen molar-refractivity contribution in [3.05, 3.63) is 64.4 Å². The highest BCUT2D eigenvalue weighted by molar-refractivity contribution is 6.33. The van der Waals surface area contributed by atoms with Crippen LogP contribution in [0.25, 0.3) is 0 Å². The summed E-state index contributed by atoms with van der Waals surface area (Å²) in [6.07, 6.45) is 3.90. The van der Waals surface area contributed by atoms with E-state index in [-0.39, 0.29) is 28.3 Å². The first-order valence-electron chi connectivity index (χ1n) is 10.8. The third-order valence-corrected chi connectivity index (χ3v) is 6.25. The van der Waals surface area contributed by atoms with E-state index in [9.17, 15) is 14.0 Å². The average molecular weight is 445 g/mol. The highest BCUT2D eigenvalue weighted by Crippen LogP contribution is 2.24. The standard InChI is InChI=1S/C24H26ClFN2O3/c25-22-9-8-19(26)14-21(22)24(30)28-12-4-5-17(15-28)16-31-20-7-3-6-18(13-20)23(29)27-10-1-2-11-27/h3,6-9,13-14,17H,1-2,4-5,10-12,15-16H2. The van der Waals surface area contributed by atoms with Crippen molar-refractivity contribution in [1.82, 2.24) is 9.80 Å². The molecule has 2 saturated heterocycles. The number of halogens is 2. The molecular formula is C24H26ClFN2O3. The first-order chi connectivity index (χ1) is 15.0. The molecule has 2 aromatic carbocycles. The van der Waals surface area contributed by atoms with Gasteiger partial charge in [-0.2, -0.15) is 0 Å². The summed E-state index contributed by atoms with van der Waals surface area (Å²) in [4.78, 5) is 29.0. The van der Waals surface area contributed by atoms with E-state index in [0.29, 0.717) is 31.0 Å². The molecule has 2 amide bonds. The number of likely N-dealkylation sites (tertiary alicyclic amines) is 2. The number of carbonyl (C=O) groups is 2. The van der Waals surface area contributed by atoms with Gasteiger partial charge >= 0.3 is 0 Å². The van der Waals surface area contributed by atoms with Gasteiger partial charge in [-0.25, -0.2) is 4.39 Å². The largest absolute Gasteiger partial charge is 0.493 e. The summed E-state index contributed by atoms with van der Waals surface area (Å²) in [7, 11) is 0. The highest BCUT2D eigenvalue weighted by atomic mass is 35.5. The molecule has 5 nitrogen and oxygen atoms in total. The number of nitrogens with zero attached hydrogens (tertiary/aromatic N) is 2. The van der Waals surface area contributed by atoms with E-state index in [1.807, 2.05) is 23.1 Å². The average Bonchev–Trinajstić information content (AvgIpc) is 3.34. The van der Waals surface area contributed by atoms with Crippen LogP contribution in [0.2, 0.25) is 5.02 Å². The van der Waals surface area contributed by atoms with Crippen molar-refractivity contribution >= 4 is 23.4 Å². The third kappa shape index (κ3) is 5.18. The second-order valence-electron chi connectivity index (χ2n) is 8.22. The molecule has 1 atom stereocenters. The molecule has 2 heterocycles. The Kier molecular flexibility index (Phi) is 6.76. The van der Waals surface area contributed by atoms with Gasteiger partial charge in [-0.05, 0) is 62.1 Å². The van der Waals surface area contributed by atoms with Crippen LogP contribution in [0.15, 0.2) is 42.5 Å². The SMILES string of the molecule is O=C(c1cccc(OCC2CCCN(C(=O)c3cc(F)ccc3Cl)C2)c1)N1CCCC1. The van der Waals surface area contributed by atoms with Crippen LogP contribution < -0.4 is 4.74 Å².